The molecule has 0 aliphatic carbocycles. The van der Waals surface area contributed by atoms with Crippen LogP contribution in [0.3, 0.4) is 0 Å². The number of anilines is 1. The van der Waals surface area contributed by atoms with Crippen molar-refractivity contribution in [3.63, 3.8) is 0 Å². The minimum absolute atomic E-state index is 0.0571. The van der Waals surface area contributed by atoms with E-state index in [4.69, 9.17) is 0 Å². The summed E-state index contributed by atoms with van der Waals surface area (Å²) in [5, 5.41) is 7.12. The molecule has 10 heteroatoms. The van der Waals surface area contributed by atoms with Crippen molar-refractivity contribution >= 4 is 11.7 Å². The van der Waals surface area contributed by atoms with Crippen LogP contribution >= 0.6 is 0 Å². The summed E-state index contributed by atoms with van der Waals surface area (Å²) in [5.41, 5.74) is 1.02. The fraction of sp³-hybridized carbons (Fsp3) is 0.550. The number of pyridine rings is 1. The van der Waals surface area contributed by atoms with Crippen LogP contribution in [0.1, 0.15) is 42.0 Å². The molecular formula is C20H25F3N6O. The van der Waals surface area contributed by atoms with Crippen molar-refractivity contribution in [1.29, 1.82) is 0 Å². The number of piperazine rings is 1. The number of nitrogens with one attached hydrogen (secondary N) is 1. The van der Waals surface area contributed by atoms with Crippen LogP contribution in [-0.4, -0.2) is 68.9 Å². The first-order valence-corrected chi connectivity index (χ1v) is 10.2. The highest BCUT2D eigenvalue weighted by Crippen LogP contribution is 2.40. The van der Waals surface area contributed by atoms with Crippen molar-refractivity contribution < 1.29 is 18.0 Å². The van der Waals surface area contributed by atoms with E-state index in [-0.39, 0.29) is 29.9 Å². The zero-order valence-electron chi connectivity index (χ0n) is 16.8. The second-order valence-corrected chi connectivity index (χ2v) is 7.79. The fourth-order valence-electron chi connectivity index (χ4n) is 4.01. The van der Waals surface area contributed by atoms with Crippen LogP contribution in [0.2, 0.25) is 0 Å². The van der Waals surface area contributed by atoms with Crippen LogP contribution in [0.5, 0.6) is 0 Å². The van der Waals surface area contributed by atoms with Crippen LogP contribution in [-0.2, 0) is 6.54 Å². The van der Waals surface area contributed by atoms with Gasteiger partial charge in [0.2, 0.25) is 0 Å². The van der Waals surface area contributed by atoms with Gasteiger partial charge in [-0.3, -0.25) is 14.7 Å². The number of carbonyl (C=O) groups is 1. The molecule has 2 aliphatic heterocycles. The molecule has 1 N–H and O–H groups in total. The van der Waals surface area contributed by atoms with Gasteiger partial charge in [0.15, 0.2) is 11.7 Å². The van der Waals surface area contributed by atoms with Gasteiger partial charge >= 0.3 is 6.18 Å². The predicted octanol–water partition coefficient (Wildman–Crippen LogP) is 2.93. The Kier molecular flexibility index (Phi) is 5.68. The minimum atomic E-state index is -4.41. The Labute approximate surface area is 172 Å². The second kappa shape index (κ2) is 8.25. The van der Waals surface area contributed by atoms with E-state index < -0.39 is 12.2 Å². The lowest BCUT2D eigenvalue weighted by Gasteiger charge is -2.34. The summed E-state index contributed by atoms with van der Waals surface area (Å²) in [4.78, 5) is 21.1. The molecule has 0 aromatic carbocycles. The van der Waals surface area contributed by atoms with Crippen LogP contribution in [0.15, 0.2) is 30.5 Å². The number of alkyl halides is 3. The molecule has 0 spiro atoms. The van der Waals surface area contributed by atoms with Crippen LogP contribution in [0, 0.1) is 0 Å². The summed E-state index contributed by atoms with van der Waals surface area (Å²) in [5.74, 6) is -0.0716. The molecule has 2 aliphatic rings. The van der Waals surface area contributed by atoms with Crippen molar-refractivity contribution in [2.24, 2.45) is 0 Å². The normalized spacial score (nSPS) is 22.5. The summed E-state index contributed by atoms with van der Waals surface area (Å²) in [6.07, 6.45) is -2.18. The second-order valence-electron chi connectivity index (χ2n) is 7.79. The molecule has 4 heterocycles. The van der Waals surface area contributed by atoms with Crippen LogP contribution in [0.25, 0.3) is 0 Å². The Morgan fingerprint density at radius 3 is 2.63 bits per heavy atom. The average Bonchev–Trinajstić information content (AvgIpc) is 3.17. The average molecular weight is 422 g/mol. The highest BCUT2D eigenvalue weighted by molar-refractivity contribution is 5.93. The van der Waals surface area contributed by atoms with Crippen molar-refractivity contribution in [2.45, 2.75) is 44.6 Å². The third kappa shape index (κ3) is 4.28. The number of halogens is 3. The molecule has 1 amide bonds. The monoisotopic (exact) mass is 422 g/mol. The molecule has 30 heavy (non-hydrogen) atoms. The molecule has 1 saturated heterocycles. The number of fused-ring (bicyclic) bond motifs is 1. The van der Waals surface area contributed by atoms with E-state index >= 15 is 0 Å². The third-order valence-corrected chi connectivity index (χ3v) is 5.75. The quantitative estimate of drug-likeness (QED) is 0.821. The van der Waals surface area contributed by atoms with Crippen molar-refractivity contribution in [1.82, 2.24) is 24.6 Å². The Morgan fingerprint density at radius 1 is 1.23 bits per heavy atom. The maximum Gasteiger partial charge on any atom is 0.410 e. The summed E-state index contributed by atoms with van der Waals surface area (Å²) < 4.78 is 41.5. The number of hydrogen-bond acceptors (Lipinski definition) is 5. The summed E-state index contributed by atoms with van der Waals surface area (Å²) in [6, 6.07) is 5.21. The molecule has 162 valence electrons. The van der Waals surface area contributed by atoms with Gasteiger partial charge in [-0.25, -0.2) is 4.68 Å². The number of rotatable bonds is 4. The Balaban J connectivity index is 1.43. The molecular weight excluding hydrogens is 397 g/mol. The van der Waals surface area contributed by atoms with Gasteiger partial charge < -0.3 is 10.2 Å². The van der Waals surface area contributed by atoms with Gasteiger partial charge in [0, 0.05) is 51.0 Å². The largest absolute Gasteiger partial charge is 0.410 e. The van der Waals surface area contributed by atoms with Crippen LogP contribution in [0.4, 0.5) is 19.0 Å². The van der Waals surface area contributed by atoms with E-state index in [1.165, 1.54) is 6.07 Å². The molecule has 2 aromatic rings. The van der Waals surface area contributed by atoms with Gasteiger partial charge in [-0.05, 0) is 25.0 Å². The number of hydrogen-bond donors (Lipinski definition) is 1. The maximum atomic E-state index is 13.5. The van der Waals surface area contributed by atoms with E-state index in [2.05, 4.69) is 20.3 Å². The third-order valence-electron chi connectivity index (χ3n) is 5.75. The molecule has 7 nitrogen and oxygen atoms in total. The first kappa shape index (κ1) is 20.6. The maximum absolute atomic E-state index is 13.5. The molecule has 0 unspecified atom stereocenters. The van der Waals surface area contributed by atoms with Gasteiger partial charge in [0.25, 0.3) is 5.91 Å². The molecule has 0 saturated carbocycles. The summed E-state index contributed by atoms with van der Waals surface area (Å²) in [7, 11) is 0. The zero-order valence-corrected chi connectivity index (χ0v) is 16.8. The van der Waals surface area contributed by atoms with E-state index in [0.717, 1.165) is 10.4 Å². The fourth-order valence-corrected chi connectivity index (χ4v) is 4.01. The highest BCUT2D eigenvalue weighted by Gasteiger charge is 2.46. The molecule has 2 aromatic heterocycles. The van der Waals surface area contributed by atoms with E-state index in [1.54, 1.807) is 11.1 Å². The van der Waals surface area contributed by atoms with Crippen LogP contribution < -0.4 is 5.32 Å². The molecule has 2 atom stereocenters. The van der Waals surface area contributed by atoms with Crippen molar-refractivity contribution in [3.05, 3.63) is 41.9 Å². The Bertz CT molecular complexity index is 876. The first-order valence-electron chi connectivity index (χ1n) is 10.2. The highest BCUT2D eigenvalue weighted by atomic mass is 19.4. The van der Waals surface area contributed by atoms with E-state index in [9.17, 15) is 18.0 Å². The topological polar surface area (TPSA) is 66.3 Å². The lowest BCUT2D eigenvalue weighted by atomic mass is 10.0. The van der Waals surface area contributed by atoms with Gasteiger partial charge in [0.05, 0.1) is 5.69 Å². The van der Waals surface area contributed by atoms with E-state index in [0.29, 0.717) is 39.1 Å². The number of carbonyl (C=O) groups excluding carboxylic acids is 1. The SMILES string of the molecule is CC[C@@H]1C[C@H](C(F)(F)F)n2nc(C(=O)N3CCN(Cc4ccccn4)CC3)cc2N1. The van der Waals surface area contributed by atoms with E-state index in [1.807, 2.05) is 25.1 Å². The Hall–Kier alpha value is -2.62. The van der Waals surface area contributed by atoms with Gasteiger partial charge in [-0.15, -0.1) is 0 Å². The van der Waals surface area contributed by atoms with Gasteiger partial charge in [-0.2, -0.15) is 18.3 Å². The van der Waals surface area contributed by atoms with Crippen molar-refractivity contribution in [3.8, 4) is 0 Å². The van der Waals surface area contributed by atoms with Crippen molar-refractivity contribution in [2.75, 3.05) is 31.5 Å². The lowest BCUT2D eigenvalue weighted by Crippen LogP contribution is -2.48. The molecule has 0 bridgehead atoms. The lowest BCUT2D eigenvalue weighted by molar-refractivity contribution is -0.173. The van der Waals surface area contributed by atoms with Gasteiger partial charge in [0.1, 0.15) is 5.82 Å². The zero-order chi connectivity index (χ0) is 21.3. The number of amides is 1. The smallest absolute Gasteiger partial charge is 0.367 e. The molecule has 4 rings (SSSR count). The minimum Gasteiger partial charge on any atom is -0.367 e. The first-order chi connectivity index (χ1) is 14.3. The number of nitrogens with zero attached hydrogens (tertiary/aromatic N) is 5. The van der Waals surface area contributed by atoms with Gasteiger partial charge in [-0.1, -0.05) is 13.0 Å². The Morgan fingerprint density at radius 2 is 2.00 bits per heavy atom. The number of aromatic nitrogens is 3. The summed E-state index contributed by atoms with van der Waals surface area (Å²) >= 11 is 0. The standard InChI is InChI=1S/C20H25F3N6O/c1-2-14-11-17(20(21,22)23)29-18(25-14)12-16(26-29)19(30)28-9-7-27(8-10-28)13-15-5-3-4-6-24-15/h3-6,12,14,17,25H,2,7-11,13H2,1H3/t14-,17-/m1/s1. The predicted molar refractivity (Wildman–Crippen MR) is 105 cm³/mol. The molecule has 1 fully saturated rings. The summed E-state index contributed by atoms with van der Waals surface area (Å²) in [6.45, 7) is 4.91. The molecule has 0 radical (unpaired) electrons.